The predicted octanol–water partition coefficient (Wildman–Crippen LogP) is 2.69. The van der Waals surface area contributed by atoms with Crippen LogP contribution in [-0.4, -0.2) is 118 Å². The Kier molecular flexibility index (Phi) is 12.0. The summed E-state index contributed by atoms with van der Waals surface area (Å²) in [7, 11) is -2.81. The van der Waals surface area contributed by atoms with Crippen LogP contribution in [0.1, 0.15) is 38.7 Å². The fourth-order valence-corrected chi connectivity index (χ4v) is 8.49. The standard InChI is InChI=1S/C34H47N3O11S/c1-34(2,13-7-14-35-31(39)20-44-3)21-36(49(42,43)24-10-11-29-30(17-24)48-22-47-29)18-28(38)26(16-23-8-5-4-6-9-23)37(33(40)41)27-19-46-32-25(27)12-15-45-32/h4-6,8-11,17,25-28,32,38H,7,12-16,18-22H2,1-3H3,(H,35,39)(H,40,41)/t25-,26-,27-,28+,32+/m0/s1. The van der Waals surface area contributed by atoms with Crippen LogP contribution in [0.4, 0.5) is 4.79 Å². The van der Waals surface area contributed by atoms with Gasteiger partial charge in [0.2, 0.25) is 22.7 Å². The molecule has 2 saturated heterocycles. The van der Waals surface area contributed by atoms with Crippen molar-refractivity contribution in [1.29, 1.82) is 0 Å². The third-order valence-corrected chi connectivity index (χ3v) is 11.1. The highest BCUT2D eigenvalue weighted by Gasteiger charge is 2.49. The van der Waals surface area contributed by atoms with E-state index in [-0.39, 0.29) is 56.2 Å². The van der Waals surface area contributed by atoms with Gasteiger partial charge in [0.15, 0.2) is 17.8 Å². The molecule has 0 unspecified atom stereocenters. The number of hydrogen-bond donors (Lipinski definition) is 3. The number of methoxy groups -OCH3 is 1. The van der Waals surface area contributed by atoms with Gasteiger partial charge in [-0.05, 0) is 48.8 Å². The molecule has 3 aliphatic rings. The van der Waals surface area contributed by atoms with E-state index in [0.29, 0.717) is 43.9 Å². The van der Waals surface area contributed by atoms with Gasteiger partial charge in [-0.3, -0.25) is 9.69 Å². The number of nitrogens with one attached hydrogen (secondary N) is 1. The van der Waals surface area contributed by atoms with E-state index in [0.717, 1.165) is 5.56 Å². The molecule has 3 aliphatic heterocycles. The lowest BCUT2D eigenvalue weighted by Gasteiger charge is -2.40. The normalized spacial score (nSPS) is 21.4. The predicted molar refractivity (Wildman–Crippen MR) is 177 cm³/mol. The van der Waals surface area contributed by atoms with E-state index >= 15 is 0 Å². The lowest BCUT2D eigenvalue weighted by Crippen LogP contribution is -2.58. The van der Waals surface area contributed by atoms with Crippen LogP contribution in [0.2, 0.25) is 0 Å². The Bertz CT molecular complexity index is 1540. The van der Waals surface area contributed by atoms with Crippen LogP contribution in [-0.2, 0) is 35.4 Å². The second-order valence-corrected chi connectivity index (χ2v) is 15.4. The maximum atomic E-state index is 14.4. The largest absolute Gasteiger partial charge is 0.465 e. The molecule has 15 heteroatoms. The molecular weight excluding hydrogens is 658 g/mol. The Morgan fingerprint density at radius 1 is 1.10 bits per heavy atom. The van der Waals surface area contributed by atoms with E-state index in [1.807, 2.05) is 44.2 Å². The number of carbonyl (C=O) groups excluding carboxylic acids is 1. The summed E-state index contributed by atoms with van der Waals surface area (Å²) < 4.78 is 57.2. The molecule has 0 radical (unpaired) electrons. The Balaban J connectivity index is 1.44. The number of benzene rings is 2. The molecule has 0 bridgehead atoms. The van der Waals surface area contributed by atoms with Gasteiger partial charge >= 0.3 is 6.09 Å². The molecule has 5 atom stereocenters. The van der Waals surface area contributed by atoms with Crippen LogP contribution < -0.4 is 14.8 Å². The van der Waals surface area contributed by atoms with Crippen LogP contribution in [0, 0.1) is 11.3 Å². The van der Waals surface area contributed by atoms with Crippen LogP contribution in [0.25, 0.3) is 0 Å². The highest BCUT2D eigenvalue weighted by molar-refractivity contribution is 7.89. The number of ether oxygens (including phenoxy) is 5. The van der Waals surface area contributed by atoms with Crippen molar-refractivity contribution in [2.75, 3.05) is 53.4 Å². The van der Waals surface area contributed by atoms with E-state index in [1.165, 1.54) is 34.5 Å². The Morgan fingerprint density at radius 2 is 1.86 bits per heavy atom. The molecule has 49 heavy (non-hydrogen) atoms. The monoisotopic (exact) mass is 705 g/mol. The van der Waals surface area contributed by atoms with Gasteiger partial charge in [-0.1, -0.05) is 44.2 Å². The van der Waals surface area contributed by atoms with Crippen molar-refractivity contribution in [3.63, 3.8) is 0 Å². The number of hydrogen-bond acceptors (Lipinski definition) is 10. The number of nitrogens with zero attached hydrogens (tertiary/aromatic N) is 2. The van der Waals surface area contributed by atoms with Crippen molar-refractivity contribution < 1.29 is 51.9 Å². The zero-order chi connectivity index (χ0) is 35.2. The molecule has 2 aromatic rings. The van der Waals surface area contributed by atoms with Gasteiger partial charge in [-0.2, -0.15) is 4.31 Å². The number of aliphatic hydroxyl groups excluding tert-OH is 1. The maximum absolute atomic E-state index is 14.4. The van der Waals surface area contributed by atoms with Crippen molar-refractivity contribution in [2.24, 2.45) is 11.3 Å². The lowest BCUT2D eigenvalue weighted by atomic mass is 9.87. The summed E-state index contributed by atoms with van der Waals surface area (Å²) in [4.78, 5) is 26.1. The fourth-order valence-electron chi connectivity index (χ4n) is 6.83. The molecule has 5 rings (SSSR count). The van der Waals surface area contributed by atoms with Crippen LogP contribution >= 0.6 is 0 Å². The fraction of sp³-hybridized carbons (Fsp3) is 0.588. The summed E-state index contributed by atoms with van der Waals surface area (Å²) in [5.74, 6) is 0.264. The molecule has 0 spiro atoms. The van der Waals surface area contributed by atoms with Crippen molar-refractivity contribution in [3.05, 3.63) is 54.1 Å². The van der Waals surface area contributed by atoms with E-state index in [9.17, 15) is 28.2 Å². The van der Waals surface area contributed by atoms with Crippen molar-refractivity contribution in [3.8, 4) is 11.5 Å². The van der Waals surface area contributed by atoms with Gasteiger partial charge in [0.05, 0.1) is 36.3 Å². The molecule has 0 saturated carbocycles. The van der Waals surface area contributed by atoms with E-state index in [1.54, 1.807) is 0 Å². The van der Waals surface area contributed by atoms with Gasteiger partial charge < -0.3 is 39.2 Å². The summed E-state index contributed by atoms with van der Waals surface area (Å²) in [6.45, 7) is 4.30. The van der Waals surface area contributed by atoms with Crippen molar-refractivity contribution >= 4 is 22.0 Å². The summed E-state index contributed by atoms with van der Waals surface area (Å²) in [6.07, 6.45) is -1.32. The summed E-state index contributed by atoms with van der Waals surface area (Å²) >= 11 is 0. The van der Waals surface area contributed by atoms with Gasteiger partial charge in [0.25, 0.3) is 0 Å². The summed E-state index contributed by atoms with van der Waals surface area (Å²) in [5.41, 5.74) is 0.182. The number of carboxylic acid groups (broad SMARTS) is 1. The Labute approximate surface area is 287 Å². The van der Waals surface area contributed by atoms with E-state index in [4.69, 9.17) is 23.7 Å². The number of rotatable bonds is 17. The van der Waals surface area contributed by atoms with Crippen LogP contribution in [0.3, 0.4) is 0 Å². The quantitative estimate of drug-likeness (QED) is 0.207. The maximum Gasteiger partial charge on any atom is 0.407 e. The van der Waals surface area contributed by atoms with Crippen molar-refractivity contribution in [2.45, 2.75) is 68.9 Å². The highest BCUT2D eigenvalue weighted by Crippen LogP contribution is 2.38. The van der Waals surface area contributed by atoms with Gasteiger partial charge in [0.1, 0.15) is 6.61 Å². The molecular formula is C34H47N3O11S. The average Bonchev–Trinajstić information content (AvgIpc) is 3.81. The number of sulfonamides is 1. The first-order chi connectivity index (χ1) is 23.4. The van der Waals surface area contributed by atoms with Crippen LogP contribution in [0.5, 0.6) is 11.5 Å². The van der Waals surface area contributed by atoms with Gasteiger partial charge in [0, 0.05) is 38.7 Å². The second kappa shape index (κ2) is 16.0. The Morgan fingerprint density at radius 3 is 2.59 bits per heavy atom. The van der Waals surface area contributed by atoms with Crippen molar-refractivity contribution in [1.82, 2.24) is 14.5 Å². The number of carbonyl (C=O) groups is 2. The minimum Gasteiger partial charge on any atom is -0.465 e. The molecule has 2 amide bonds. The molecule has 2 aromatic carbocycles. The summed E-state index contributed by atoms with van der Waals surface area (Å²) in [6, 6.07) is 12.0. The number of fused-ring (bicyclic) bond motifs is 2. The molecule has 2 fully saturated rings. The number of aliphatic hydroxyl groups is 1. The lowest BCUT2D eigenvalue weighted by molar-refractivity contribution is -0.124. The molecule has 3 heterocycles. The zero-order valence-electron chi connectivity index (χ0n) is 28.2. The first-order valence-corrected chi connectivity index (χ1v) is 18.0. The summed E-state index contributed by atoms with van der Waals surface area (Å²) in [5, 5.41) is 25.5. The topological polar surface area (TPSA) is 173 Å². The van der Waals surface area contributed by atoms with Gasteiger partial charge in [-0.25, -0.2) is 13.2 Å². The first-order valence-electron chi connectivity index (χ1n) is 16.5. The third kappa shape index (κ3) is 9.01. The molecule has 14 nitrogen and oxygen atoms in total. The molecule has 3 N–H and O–H groups in total. The Hall–Kier alpha value is -3.47. The minimum absolute atomic E-state index is 0.00304. The SMILES string of the molecule is COCC(=O)NCCCC(C)(C)CN(C[C@@H](O)[C@H](Cc1ccccc1)N(C(=O)O)[C@H]1CO[C@H]2OCC[C@H]21)S(=O)(=O)c1ccc2c(c1)OCO2. The highest BCUT2D eigenvalue weighted by atomic mass is 32.2. The van der Waals surface area contributed by atoms with E-state index < -0.39 is 46.0 Å². The zero-order valence-corrected chi connectivity index (χ0v) is 29.0. The molecule has 0 aliphatic carbocycles. The smallest absolute Gasteiger partial charge is 0.407 e. The number of amides is 2. The average molecular weight is 706 g/mol. The van der Waals surface area contributed by atoms with Gasteiger partial charge in [-0.15, -0.1) is 0 Å². The molecule has 0 aromatic heterocycles. The first kappa shape index (κ1) is 36.8. The van der Waals surface area contributed by atoms with Crippen LogP contribution in [0.15, 0.2) is 53.4 Å². The second-order valence-electron chi connectivity index (χ2n) is 13.5. The minimum atomic E-state index is -4.25. The van der Waals surface area contributed by atoms with E-state index in [2.05, 4.69) is 5.32 Å². The molecule has 270 valence electrons. The third-order valence-electron chi connectivity index (χ3n) is 9.28.